The van der Waals surface area contributed by atoms with Crippen LogP contribution in [0, 0.1) is 0 Å². The lowest BCUT2D eigenvalue weighted by Crippen LogP contribution is -3.07. The van der Waals surface area contributed by atoms with E-state index in [0.717, 1.165) is 16.1 Å². The van der Waals surface area contributed by atoms with Gasteiger partial charge >= 0.3 is 0 Å². The van der Waals surface area contributed by atoms with E-state index in [0.29, 0.717) is 23.3 Å². The van der Waals surface area contributed by atoms with Crippen LogP contribution in [0.3, 0.4) is 0 Å². The molecular formula is C19H18ClN4OS+. The lowest BCUT2D eigenvalue weighted by atomic mass is 10.2. The molecule has 0 saturated carbocycles. The zero-order chi connectivity index (χ0) is 18.1. The summed E-state index contributed by atoms with van der Waals surface area (Å²) in [5, 5.41) is 10.1. The van der Waals surface area contributed by atoms with Gasteiger partial charge in [-0.05, 0) is 43.3 Å². The van der Waals surface area contributed by atoms with Crippen molar-refractivity contribution in [1.82, 2.24) is 15.2 Å². The number of benzene rings is 2. The highest BCUT2D eigenvalue weighted by molar-refractivity contribution is 7.18. The fourth-order valence-electron chi connectivity index (χ4n) is 2.71. The van der Waals surface area contributed by atoms with Gasteiger partial charge < -0.3 is 9.32 Å². The van der Waals surface area contributed by atoms with Crippen LogP contribution in [0.2, 0.25) is 5.02 Å². The number of quaternary nitrogens is 1. The first-order valence-electron chi connectivity index (χ1n) is 8.36. The predicted molar refractivity (Wildman–Crippen MR) is 103 cm³/mol. The first-order chi connectivity index (χ1) is 12.6. The minimum atomic E-state index is 0.235. The van der Waals surface area contributed by atoms with E-state index < -0.39 is 0 Å². The summed E-state index contributed by atoms with van der Waals surface area (Å²) in [5.41, 5.74) is 1.92. The Balaban J connectivity index is 1.49. The Labute approximate surface area is 160 Å². The highest BCUT2D eigenvalue weighted by Crippen LogP contribution is 2.25. The van der Waals surface area contributed by atoms with Crippen molar-refractivity contribution in [3.63, 3.8) is 0 Å². The van der Waals surface area contributed by atoms with Crippen LogP contribution >= 0.6 is 22.9 Å². The molecule has 4 aromatic rings. The maximum absolute atomic E-state index is 5.92. The molecule has 0 bridgehead atoms. The highest BCUT2D eigenvalue weighted by atomic mass is 35.5. The van der Waals surface area contributed by atoms with Gasteiger partial charge in [0.25, 0.3) is 5.89 Å². The summed E-state index contributed by atoms with van der Waals surface area (Å²) in [4.78, 5) is 6.00. The molecule has 0 aliphatic rings. The Bertz CT molecular complexity index is 994. The quantitative estimate of drug-likeness (QED) is 0.568. The Hall–Kier alpha value is -2.28. The van der Waals surface area contributed by atoms with Crippen molar-refractivity contribution < 1.29 is 9.32 Å². The molecule has 2 atom stereocenters. The third-order valence-electron chi connectivity index (χ3n) is 4.41. The van der Waals surface area contributed by atoms with E-state index in [1.165, 1.54) is 9.60 Å². The highest BCUT2D eigenvalue weighted by Gasteiger charge is 2.22. The van der Waals surface area contributed by atoms with E-state index in [1.54, 1.807) is 11.3 Å². The predicted octanol–water partition coefficient (Wildman–Crippen LogP) is 3.78. The normalized spacial score (nSPS) is 13.8. The zero-order valence-electron chi connectivity index (χ0n) is 14.4. The molecule has 2 aromatic heterocycles. The first kappa shape index (κ1) is 17.1. The van der Waals surface area contributed by atoms with Gasteiger partial charge in [-0.3, -0.25) is 0 Å². The van der Waals surface area contributed by atoms with Crippen LogP contribution in [0.4, 0.5) is 0 Å². The number of hydrogen-bond acceptors (Lipinski definition) is 5. The smallest absolute Gasteiger partial charge is 0.271 e. The van der Waals surface area contributed by atoms with E-state index in [4.69, 9.17) is 21.0 Å². The minimum Gasteiger partial charge on any atom is -0.415 e. The molecule has 5 nitrogen and oxygen atoms in total. The van der Waals surface area contributed by atoms with E-state index >= 15 is 0 Å². The van der Waals surface area contributed by atoms with Crippen LogP contribution in [0.25, 0.3) is 21.7 Å². The van der Waals surface area contributed by atoms with Gasteiger partial charge in [-0.15, -0.1) is 21.5 Å². The maximum atomic E-state index is 5.92. The number of halogens is 1. The van der Waals surface area contributed by atoms with Gasteiger partial charge in [0.2, 0.25) is 5.89 Å². The van der Waals surface area contributed by atoms with Crippen LogP contribution in [0.1, 0.15) is 23.9 Å². The van der Waals surface area contributed by atoms with Crippen LogP contribution in [-0.4, -0.2) is 22.2 Å². The SMILES string of the molecule is C[C@H](c1nc2ccccc2s1)[NH+](C)Cc1nnc(-c2ccc(Cl)cc2)o1. The molecule has 0 fully saturated rings. The molecule has 1 unspecified atom stereocenters. The summed E-state index contributed by atoms with van der Waals surface area (Å²) in [6, 6.07) is 15.8. The molecule has 26 heavy (non-hydrogen) atoms. The van der Waals surface area contributed by atoms with Gasteiger partial charge in [-0.25, -0.2) is 4.98 Å². The molecule has 2 heterocycles. The third-order valence-corrected chi connectivity index (χ3v) is 5.88. The molecule has 0 aliphatic heterocycles. The molecule has 0 saturated heterocycles. The molecule has 0 spiro atoms. The monoisotopic (exact) mass is 385 g/mol. The number of nitrogens with zero attached hydrogens (tertiary/aromatic N) is 3. The number of thiazole rings is 1. The molecule has 0 amide bonds. The molecule has 0 radical (unpaired) electrons. The van der Waals surface area contributed by atoms with Gasteiger partial charge in [0, 0.05) is 10.6 Å². The number of hydrogen-bond donors (Lipinski definition) is 1. The van der Waals surface area contributed by atoms with Crippen molar-refractivity contribution in [2.75, 3.05) is 7.05 Å². The summed E-state index contributed by atoms with van der Waals surface area (Å²) in [6.45, 7) is 2.81. The third kappa shape index (κ3) is 3.49. The number of para-hydroxylation sites is 1. The number of nitrogens with one attached hydrogen (secondary N) is 1. The van der Waals surface area contributed by atoms with Crippen LogP contribution in [0.15, 0.2) is 52.9 Å². The van der Waals surface area contributed by atoms with Crippen molar-refractivity contribution in [2.24, 2.45) is 0 Å². The van der Waals surface area contributed by atoms with Crippen molar-refractivity contribution in [3.05, 3.63) is 64.5 Å². The molecule has 2 aromatic carbocycles. The molecule has 4 rings (SSSR count). The summed E-state index contributed by atoms with van der Waals surface area (Å²) in [7, 11) is 2.11. The standard InChI is InChI=1S/C19H17ClN4OS/c1-12(19-21-15-5-3-4-6-16(15)26-19)24(2)11-17-22-23-18(25-17)13-7-9-14(20)10-8-13/h3-10,12H,11H2,1-2H3/p+1/t12-/m1/s1. The minimum absolute atomic E-state index is 0.235. The van der Waals surface area contributed by atoms with Crippen LogP contribution in [0.5, 0.6) is 0 Å². The maximum Gasteiger partial charge on any atom is 0.271 e. The second-order valence-electron chi connectivity index (χ2n) is 6.27. The topological polar surface area (TPSA) is 56.2 Å². The Morgan fingerprint density at radius 1 is 1.12 bits per heavy atom. The van der Waals surface area contributed by atoms with Gasteiger partial charge in [-0.1, -0.05) is 23.7 Å². The second kappa shape index (κ2) is 7.15. The van der Waals surface area contributed by atoms with Crippen molar-refractivity contribution in [2.45, 2.75) is 19.5 Å². The van der Waals surface area contributed by atoms with E-state index in [9.17, 15) is 0 Å². The fraction of sp³-hybridized carbons (Fsp3) is 0.211. The van der Waals surface area contributed by atoms with Gasteiger partial charge in [0.1, 0.15) is 6.04 Å². The number of aromatic nitrogens is 3. The second-order valence-corrected chi connectivity index (χ2v) is 7.77. The van der Waals surface area contributed by atoms with Crippen molar-refractivity contribution in [1.29, 1.82) is 0 Å². The van der Waals surface area contributed by atoms with Gasteiger partial charge in [-0.2, -0.15) is 0 Å². The van der Waals surface area contributed by atoms with Crippen molar-refractivity contribution in [3.8, 4) is 11.5 Å². The summed E-state index contributed by atoms with van der Waals surface area (Å²) in [5.74, 6) is 1.12. The molecule has 7 heteroatoms. The first-order valence-corrected chi connectivity index (χ1v) is 9.55. The zero-order valence-corrected chi connectivity index (χ0v) is 16.0. The molecular weight excluding hydrogens is 368 g/mol. The summed E-state index contributed by atoms with van der Waals surface area (Å²) >= 11 is 7.66. The Kier molecular flexibility index (Phi) is 4.72. The van der Waals surface area contributed by atoms with Gasteiger partial charge in [0.15, 0.2) is 11.6 Å². The fourth-order valence-corrected chi connectivity index (χ4v) is 3.95. The number of rotatable bonds is 5. The molecule has 132 valence electrons. The van der Waals surface area contributed by atoms with Gasteiger partial charge in [0.05, 0.1) is 17.3 Å². The lowest BCUT2D eigenvalue weighted by Gasteiger charge is -2.17. The van der Waals surface area contributed by atoms with Crippen molar-refractivity contribution >= 4 is 33.2 Å². The lowest BCUT2D eigenvalue weighted by molar-refractivity contribution is -0.925. The van der Waals surface area contributed by atoms with E-state index in [-0.39, 0.29) is 6.04 Å². The average Bonchev–Trinajstić information content (AvgIpc) is 3.28. The molecule has 1 N–H and O–H groups in total. The summed E-state index contributed by atoms with van der Waals surface area (Å²) < 4.78 is 7.03. The van der Waals surface area contributed by atoms with E-state index in [2.05, 4.69) is 30.2 Å². The Morgan fingerprint density at radius 3 is 2.65 bits per heavy atom. The van der Waals surface area contributed by atoms with E-state index in [1.807, 2.05) is 42.5 Å². The summed E-state index contributed by atoms with van der Waals surface area (Å²) in [6.07, 6.45) is 0. The molecule has 0 aliphatic carbocycles. The Morgan fingerprint density at radius 2 is 1.88 bits per heavy atom. The largest absolute Gasteiger partial charge is 0.415 e. The number of fused-ring (bicyclic) bond motifs is 1. The average molecular weight is 386 g/mol. The van der Waals surface area contributed by atoms with Crippen LogP contribution in [-0.2, 0) is 6.54 Å². The van der Waals surface area contributed by atoms with Crippen LogP contribution < -0.4 is 4.90 Å².